The first-order valence-corrected chi connectivity index (χ1v) is 9.81. The van der Waals surface area contributed by atoms with Crippen LogP contribution in [0.3, 0.4) is 0 Å². The highest BCUT2D eigenvalue weighted by molar-refractivity contribution is 5.38. The third-order valence-electron chi connectivity index (χ3n) is 4.88. The first kappa shape index (κ1) is 22.2. The van der Waals surface area contributed by atoms with Crippen molar-refractivity contribution in [3.8, 4) is 11.5 Å². The molecule has 28 heavy (non-hydrogen) atoms. The van der Waals surface area contributed by atoms with Crippen LogP contribution in [0.15, 0.2) is 48.5 Å². The van der Waals surface area contributed by atoms with Crippen molar-refractivity contribution in [1.29, 1.82) is 0 Å². The van der Waals surface area contributed by atoms with Crippen molar-refractivity contribution >= 4 is 0 Å². The van der Waals surface area contributed by atoms with Gasteiger partial charge in [-0.1, -0.05) is 37.3 Å². The average molecular weight is 388 g/mol. The van der Waals surface area contributed by atoms with Gasteiger partial charge in [0.25, 0.3) is 0 Å². The molecule has 0 amide bonds. The summed E-state index contributed by atoms with van der Waals surface area (Å²) in [6, 6.07) is 16.2. The molecule has 0 aliphatic heterocycles. The van der Waals surface area contributed by atoms with Crippen molar-refractivity contribution < 1.29 is 19.3 Å². The Morgan fingerprint density at radius 3 is 2.18 bits per heavy atom. The van der Waals surface area contributed by atoms with Gasteiger partial charge in [0.2, 0.25) is 0 Å². The van der Waals surface area contributed by atoms with E-state index in [0.29, 0.717) is 32.3 Å². The molecule has 0 bridgehead atoms. The molecule has 0 saturated carbocycles. The van der Waals surface area contributed by atoms with Crippen LogP contribution >= 0.6 is 0 Å². The molecular formula is C23H33NO4. The molecule has 5 nitrogen and oxygen atoms in total. The second kappa shape index (κ2) is 11.7. The van der Waals surface area contributed by atoms with Gasteiger partial charge in [0, 0.05) is 25.2 Å². The highest BCUT2D eigenvalue weighted by atomic mass is 16.5. The predicted octanol–water partition coefficient (Wildman–Crippen LogP) is 3.88. The Morgan fingerprint density at radius 1 is 0.964 bits per heavy atom. The van der Waals surface area contributed by atoms with Crippen LogP contribution in [0.25, 0.3) is 0 Å². The Labute approximate surface area is 168 Å². The van der Waals surface area contributed by atoms with E-state index in [4.69, 9.17) is 14.2 Å². The summed E-state index contributed by atoms with van der Waals surface area (Å²) in [4.78, 5) is 2.27. The molecule has 0 fully saturated rings. The van der Waals surface area contributed by atoms with Gasteiger partial charge in [0.05, 0.1) is 33.5 Å². The molecule has 2 aromatic carbocycles. The van der Waals surface area contributed by atoms with E-state index in [2.05, 4.69) is 18.7 Å². The number of hydrogen-bond donors (Lipinski definition) is 1. The molecule has 5 heteroatoms. The summed E-state index contributed by atoms with van der Waals surface area (Å²) < 4.78 is 16.5. The zero-order chi connectivity index (χ0) is 20.4. The molecule has 2 rings (SSSR count). The maximum Gasteiger partial charge on any atom is 0.122 e. The molecule has 1 N–H and O–H groups in total. The molecule has 0 aliphatic rings. The molecule has 0 aliphatic carbocycles. The Balaban J connectivity index is 1.95. The van der Waals surface area contributed by atoms with Crippen molar-refractivity contribution in [3.63, 3.8) is 0 Å². The van der Waals surface area contributed by atoms with Crippen molar-refractivity contribution in [2.24, 2.45) is 0 Å². The summed E-state index contributed by atoms with van der Waals surface area (Å²) in [5.74, 6) is 1.54. The fourth-order valence-corrected chi connectivity index (χ4v) is 3.06. The number of rotatable bonds is 12. The zero-order valence-electron chi connectivity index (χ0n) is 17.4. The molecule has 0 heterocycles. The number of nitrogens with zero attached hydrogens (tertiary/aromatic N) is 1. The molecule has 154 valence electrons. The largest absolute Gasteiger partial charge is 0.497 e. The second-order valence-corrected chi connectivity index (χ2v) is 7.06. The highest BCUT2D eigenvalue weighted by Gasteiger charge is 2.18. The minimum absolute atomic E-state index is 0.309. The molecule has 0 unspecified atom stereocenters. The normalized spacial score (nSPS) is 13.4. The standard InChI is InChI=1S/C23H33NO4/c1-5-18(2)24(14-20-11-22(26-3)13-23(12-20)27-4)15-21(25)17-28-16-19-9-7-6-8-10-19/h6-13,18,21,25H,5,14-17H2,1-4H3/t18-,21-/m0/s1. The summed E-state index contributed by atoms with van der Waals surface area (Å²) in [6.07, 6.45) is 0.448. The van der Waals surface area contributed by atoms with Crippen LogP contribution in [0.1, 0.15) is 31.4 Å². The molecular weight excluding hydrogens is 354 g/mol. The van der Waals surface area contributed by atoms with Gasteiger partial charge in [-0.25, -0.2) is 0 Å². The maximum atomic E-state index is 10.5. The van der Waals surface area contributed by atoms with Gasteiger partial charge < -0.3 is 19.3 Å². The third kappa shape index (κ3) is 7.15. The first-order valence-electron chi connectivity index (χ1n) is 9.81. The summed E-state index contributed by atoms with van der Waals surface area (Å²) in [7, 11) is 3.30. The van der Waals surface area contributed by atoms with E-state index in [9.17, 15) is 5.11 Å². The fraction of sp³-hybridized carbons (Fsp3) is 0.478. The maximum absolute atomic E-state index is 10.5. The van der Waals surface area contributed by atoms with Gasteiger partial charge >= 0.3 is 0 Å². The van der Waals surface area contributed by atoms with Crippen LogP contribution < -0.4 is 9.47 Å². The lowest BCUT2D eigenvalue weighted by Crippen LogP contribution is -2.39. The van der Waals surface area contributed by atoms with Gasteiger partial charge in [-0.3, -0.25) is 4.90 Å². The van der Waals surface area contributed by atoms with Gasteiger partial charge in [0.1, 0.15) is 11.5 Å². The van der Waals surface area contributed by atoms with Crippen molar-refractivity contribution in [2.75, 3.05) is 27.4 Å². The van der Waals surface area contributed by atoms with E-state index in [1.165, 1.54) is 0 Å². The van der Waals surface area contributed by atoms with Gasteiger partial charge in [-0.2, -0.15) is 0 Å². The van der Waals surface area contributed by atoms with E-state index in [0.717, 1.165) is 29.0 Å². The number of aliphatic hydroxyl groups excluding tert-OH is 1. The van der Waals surface area contributed by atoms with Crippen molar-refractivity contribution in [1.82, 2.24) is 4.90 Å². The molecule has 2 aromatic rings. The average Bonchev–Trinajstić information content (AvgIpc) is 2.73. The summed E-state index contributed by atoms with van der Waals surface area (Å²) in [6.45, 7) is 6.40. The number of methoxy groups -OCH3 is 2. The van der Waals surface area contributed by atoms with E-state index in [-0.39, 0.29) is 0 Å². The van der Waals surface area contributed by atoms with Gasteiger partial charge in [-0.15, -0.1) is 0 Å². The van der Waals surface area contributed by atoms with E-state index >= 15 is 0 Å². The van der Waals surface area contributed by atoms with Crippen LogP contribution in [0, 0.1) is 0 Å². The smallest absolute Gasteiger partial charge is 0.122 e. The zero-order valence-corrected chi connectivity index (χ0v) is 17.4. The highest BCUT2D eigenvalue weighted by Crippen LogP contribution is 2.24. The topological polar surface area (TPSA) is 51.2 Å². The van der Waals surface area contributed by atoms with Crippen molar-refractivity contribution in [2.45, 2.75) is 45.6 Å². The van der Waals surface area contributed by atoms with E-state index in [1.54, 1.807) is 14.2 Å². The molecule has 0 saturated heterocycles. The lowest BCUT2D eigenvalue weighted by molar-refractivity contribution is 0.00143. The van der Waals surface area contributed by atoms with Crippen LogP contribution in [0.5, 0.6) is 11.5 Å². The second-order valence-electron chi connectivity index (χ2n) is 7.06. The number of aliphatic hydroxyl groups is 1. The Hall–Kier alpha value is -2.08. The summed E-state index contributed by atoms with van der Waals surface area (Å²) >= 11 is 0. The molecule has 0 spiro atoms. The molecule has 2 atom stereocenters. The summed E-state index contributed by atoms with van der Waals surface area (Å²) in [5, 5.41) is 10.5. The van der Waals surface area contributed by atoms with Crippen LogP contribution in [-0.2, 0) is 17.9 Å². The lowest BCUT2D eigenvalue weighted by Gasteiger charge is -2.30. The Bertz CT molecular complexity index is 670. The van der Waals surface area contributed by atoms with E-state index < -0.39 is 6.10 Å². The quantitative estimate of drug-likeness (QED) is 0.599. The first-order chi connectivity index (χ1) is 13.5. The van der Waals surface area contributed by atoms with Crippen LogP contribution in [-0.4, -0.2) is 49.5 Å². The number of ether oxygens (including phenoxy) is 3. The van der Waals surface area contributed by atoms with Gasteiger partial charge in [-0.05, 0) is 36.6 Å². The predicted molar refractivity (Wildman–Crippen MR) is 112 cm³/mol. The third-order valence-corrected chi connectivity index (χ3v) is 4.88. The minimum atomic E-state index is -0.551. The summed E-state index contributed by atoms with van der Waals surface area (Å²) in [5.41, 5.74) is 2.20. The van der Waals surface area contributed by atoms with Crippen LogP contribution in [0.4, 0.5) is 0 Å². The van der Waals surface area contributed by atoms with Crippen molar-refractivity contribution in [3.05, 3.63) is 59.7 Å². The van der Waals surface area contributed by atoms with E-state index in [1.807, 2.05) is 48.5 Å². The monoisotopic (exact) mass is 387 g/mol. The van der Waals surface area contributed by atoms with Gasteiger partial charge in [0.15, 0.2) is 0 Å². The fourth-order valence-electron chi connectivity index (χ4n) is 3.06. The SMILES string of the molecule is CC[C@H](C)N(Cc1cc(OC)cc(OC)c1)C[C@H](O)COCc1ccccc1. The molecule has 0 radical (unpaired) electrons. The molecule has 0 aromatic heterocycles. The number of hydrogen-bond acceptors (Lipinski definition) is 5. The Kier molecular flexibility index (Phi) is 9.28. The van der Waals surface area contributed by atoms with Crippen LogP contribution in [0.2, 0.25) is 0 Å². The number of benzene rings is 2. The minimum Gasteiger partial charge on any atom is -0.497 e. The lowest BCUT2D eigenvalue weighted by atomic mass is 10.1. The Morgan fingerprint density at radius 2 is 1.61 bits per heavy atom.